The Balaban J connectivity index is 2.11. The molecule has 2 rings (SSSR count). The number of nitrogens with one attached hydrogen (secondary N) is 1. The maximum Gasteiger partial charge on any atom is 0.243 e. The lowest BCUT2D eigenvalue weighted by molar-refractivity contribution is -0.113. The Morgan fingerprint density at radius 1 is 1.15 bits per heavy atom. The Morgan fingerprint density at radius 3 is 2.37 bits per heavy atom. The molecule has 0 aliphatic heterocycles. The van der Waals surface area contributed by atoms with Gasteiger partial charge in [0.15, 0.2) is 0 Å². The predicted molar refractivity (Wildman–Crippen MR) is 115 cm³/mol. The monoisotopic (exact) mass is 490 g/mol. The van der Waals surface area contributed by atoms with Gasteiger partial charge in [-0.1, -0.05) is 41.4 Å². The smallest absolute Gasteiger partial charge is 0.243 e. The van der Waals surface area contributed by atoms with Crippen LogP contribution in [0.1, 0.15) is 13.8 Å². The molecule has 2 aromatic rings. The van der Waals surface area contributed by atoms with Gasteiger partial charge in [-0.15, -0.1) is 11.8 Å². The van der Waals surface area contributed by atoms with Crippen LogP contribution in [0.4, 0.5) is 5.69 Å². The van der Waals surface area contributed by atoms with Crippen molar-refractivity contribution < 1.29 is 13.2 Å². The zero-order valence-electron chi connectivity index (χ0n) is 14.9. The van der Waals surface area contributed by atoms with Crippen LogP contribution in [0.15, 0.2) is 56.7 Å². The zero-order chi connectivity index (χ0) is 20.0. The van der Waals surface area contributed by atoms with E-state index < -0.39 is 10.0 Å². The summed E-state index contributed by atoms with van der Waals surface area (Å²) in [5, 5.41) is 2.98. The fourth-order valence-corrected chi connectivity index (χ4v) is 4.95. The third-order valence-corrected chi connectivity index (χ3v) is 7.65. The quantitative estimate of drug-likeness (QED) is 0.535. The highest BCUT2D eigenvalue weighted by molar-refractivity contribution is 9.10. The average Bonchev–Trinajstić information content (AvgIpc) is 2.63. The predicted octanol–water partition coefficient (Wildman–Crippen LogP) is 4.86. The van der Waals surface area contributed by atoms with Crippen LogP contribution in [0.25, 0.3) is 0 Å². The van der Waals surface area contributed by atoms with E-state index in [2.05, 4.69) is 21.2 Å². The molecule has 0 fully saturated rings. The molecule has 0 radical (unpaired) electrons. The standard InChI is InChI=1S/C18H20BrClN2O3S2/c1-3-22(4-2)27(24,25)15-9-10-16(20)17(11-15)21-18(23)12-26-14-7-5-13(19)6-8-14/h5-11H,3-4,12H2,1-2H3,(H,21,23). The second-order valence-corrected chi connectivity index (χ2v) is 9.83. The molecule has 0 aliphatic carbocycles. The minimum Gasteiger partial charge on any atom is -0.324 e. The van der Waals surface area contributed by atoms with Crippen LogP contribution in [-0.2, 0) is 14.8 Å². The van der Waals surface area contributed by atoms with E-state index in [1.165, 1.54) is 34.3 Å². The number of sulfonamides is 1. The average molecular weight is 492 g/mol. The van der Waals surface area contributed by atoms with Crippen molar-refractivity contribution in [1.29, 1.82) is 0 Å². The summed E-state index contributed by atoms with van der Waals surface area (Å²) >= 11 is 10.9. The molecule has 0 heterocycles. The van der Waals surface area contributed by atoms with Crippen molar-refractivity contribution in [3.05, 3.63) is 52.0 Å². The lowest BCUT2D eigenvalue weighted by Gasteiger charge is -2.19. The number of nitrogens with zero attached hydrogens (tertiary/aromatic N) is 1. The van der Waals surface area contributed by atoms with Crippen molar-refractivity contribution in [2.24, 2.45) is 0 Å². The molecule has 9 heteroatoms. The molecule has 2 aromatic carbocycles. The summed E-state index contributed by atoms with van der Waals surface area (Å²) in [7, 11) is -3.62. The number of carbonyl (C=O) groups is 1. The highest BCUT2D eigenvalue weighted by Gasteiger charge is 2.22. The van der Waals surface area contributed by atoms with Crippen molar-refractivity contribution >= 4 is 60.9 Å². The molecule has 146 valence electrons. The molecule has 0 unspecified atom stereocenters. The summed E-state index contributed by atoms with van der Waals surface area (Å²) in [6.07, 6.45) is 0. The summed E-state index contributed by atoms with van der Waals surface area (Å²) in [5.41, 5.74) is 0.284. The summed E-state index contributed by atoms with van der Waals surface area (Å²) < 4.78 is 27.6. The number of amides is 1. The molecule has 0 aliphatic rings. The minimum absolute atomic E-state index is 0.103. The van der Waals surface area contributed by atoms with Gasteiger partial charge in [0, 0.05) is 22.5 Å². The summed E-state index contributed by atoms with van der Waals surface area (Å²) in [6.45, 7) is 4.29. The molecule has 0 saturated carbocycles. The fraction of sp³-hybridized carbons (Fsp3) is 0.278. The molecule has 0 atom stereocenters. The van der Waals surface area contributed by atoms with Gasteiger partial charge < -0.3 is 5.32 Å². The second-order valence-electron chi connectivity index (χ2n) is 5.52. The Labute approximate surface area is 177 Å². The maximum absolute atomic E-state index is 12.6. The molecule has 27 heavy (non-hydrogen) atoms. The van der Waals surface area contributed by atoms with Gasteiger partial charge in [-0.2, -0.15) is 4.31 Å². The Hall–Kier alpha value is -1.06. The van der Waals surface area contributed by atoms with Crippen LogP contribution >= 0.6 is 39.3 Å². The van der Waals surface area contributed by atoms with Crippen LogP contribution in [0.2, 0.25) is 5.02 Å². The first-order valence-corrected chi connectivity index (χ1v) is 11.9. The van der Waals surface area contributed by atoms with Crippen LogP contribution in [0.3, 0.4) is 0 Å². The number of anilines is 1. The van der Waals surface area contributed by atoms with E-state index in [-0.39, 0.29) is 27.3 Å². The Bertz CT molecular complexity index is 901. The topological polar surface area (TPSA) is 66.5 Å². The lowest BCUT2D eigenvalue weighted by atomic mass is 10.3. The van der Waals surface area contributed by atoms with Crippen molar-refractivity contribution in [2.45, 2.75) is 23.6 Å². The maximum atomic E-state index is 12.6. The number of hydrogen-bond acceptors (Lipinski definition) is 4. The molecule has 0 saturated heterocycles. The molecule has 1 N–H and O–H groups in total. The molecular weight excluding hydrogens is 472 g/mol. The minimum atomic E-state index is -3.62. The Morgan fingerprint density at radius 2 is 1.78 bits per heavy atom. The SMILES string of the molecule is CCN(CC)S(=O)(=O)c1ccc(Cl)c(NC(=O)CSc2ccc(Br)cc2)c1. The van der Waals surface area contributed by atoms with Crippen molar-refractivity contribution in [2.75, 3.05) is 24.2 Å². The van der Waals surface area contributed by atoms with Gasteiger partial charge in [0.05, 0.1) is 21.4 Å². The number of halogens is 2. The van der Waals surface area contributed by atoms with Gasteiger partial charge >= 0.3 is 0 Å². The molecule has 5 nitrogen and oxygen atoms in total. The van der Waals surface area contributed by atoms with E-state index >= 15 is 0 Å². The van der Waals surface area contributed by atoms with E-state index in [0.29, 0.717) is 13.1 Å². The van der Waals surface area contributed by atoms with Crippen molar-refractivity contribution in [3.63, 3.8) is 0 Å². The van der Waals surface area contributed by atoms with E-state index in [9.17, 15) is 13.2 Å². The Kier molecular flexibility index (Phi) is 8.18. The normalized spacial score (nSPS) is 11.6. The lowest BCUT2D eigenvalue weighted by Crippen LogP contribution is -2.30. The van der Waals surface area contributed by atoms with Gasteiger partial charge in [0.25, 0.3) is 0 Å². The second kappa shape index (κ2) is 9.93. The molecule has 0 spiro atoms. The van der Waals surface area contributed by atoms with Gasteiger partial charge in [-0.25, -0.2) is 8.42 Å². The van der Waals surface area contributed by atoms with E-state index in [4.69, 9.17) is 11.6 Å². The van der Waals surface area contributed by atoms with Gasteiger partial charge in [0.1, 0.15) is 0 Å². The van der Waals surface area contributed by atoms with E-state index in [0.717, 1.165) is 9.37 Å². The van der Waals surface area contributed by atoms with Crippen LogP contribution in [-0.4, -0.2) is 37.5 Å². The van der Waals surface area contributed by atoms with Crippen molar-refractivity contribution in [1.82, 2.24) is 4.31 Å². The summed E-state index contributed by atoms with van der Waals surface area (Å²) in [4.78, 5) is 13.3. The third kappa shape index (κ3) is 5.96. The first-order chi connectivity index (χ1) is 12.8. The van der Waals surface area contributed by atoms with Crippen LogP contribution < -0.4 is 5.32 Å². The van der Waals surface area contributed by atoms with Crippen LogP contribution in [0, 0.1) is 0 Å². The van der Waals surface area contributed by atoms with E-state index in [1.54, 1.807) is 13.8 Å². The molecule has 0 bridgehead atoms. The molecular formula is C18H20BrClN2O3S2. The third-order valence-electron chi connectivity index (χ3n) is 3.74. The fourth-order valence-electron chi connectivity index (χ4n) is 2.34. The highest BCUT2D eigenvalue weighted by atomic mass is 79.9. The van der Waals surface area contributed by atoms with Crippen molar-refractivity contribution in [3.8, 4) is 0 Å². The number of thioether (sulfide) groups is 1. The molecule has 1 amide bonds. The highest BCUT2D eigenvalue weighted by Crippen LogP contribution is 2.28. The van der Waals surface area contributed by atoms with Crippen LogP contribution in [0.5, 0.6) is 0 Å². The van der Waals surface area contributed by atoms with Gasteiger partial charge in [-0.05, 0) is 42.5 Å². The number of hydrogen-bond donors (Lipinski definition) is 1. The van der Waals surface area contributed by atoms with E-state index in [1.807, 2.05) is 24.3 Å². The number of benzene rings is 2. The van der Waals surface area contributed by atoms with Gasteiger partial charge in [0.2, 0.25) is 15.9 Å². The first kappa shape index (κ1) is 22.2. The number of carbonyl (C=O) groups excluding carboxylic acids is 1. The van der Waals surface area contributed by atoms with Gasteiger partial charge in [-0.3, -0.25) is 4.79 Å². The first-order valence-electron chi connectivity index (χ1n) is 8.25. The summed E-state index contributed by atoms with van der Waals surface area (Å²) in [6, 6.07) is 12.0. The molecule has 0 aromatic heterocycles. The summed E-state index contributed by atoms with van der Waals surface area (Å²) in [5.74, 6) is -0.0763. The largest absolute Gasteiger partial charge is 0.324 e. The number of rotatable bonds is 8. The zero-order valence-corrected chi connectivity index (χ0v) is 18.9.